The first-order valence-corrected chi connectivity index (χ1v) is 13.1. The van der Waals surface area contributed by atoms with Crippen molar-refractivity contribution >= 4 is 39.1 Å². The summed E-state index contributed by atoms with van der Waals surface area (Å²) in [6, 6.07) is 11.2. The largest absolute Gasteiger partial charge is 0.497 e. The zero-order valence-electron chi connectivity index (χ0n) is 20.2. The molecular weight excluding hydrogens is 478 g/mol. The SMILES string of the molecule is CCCNC(=O)[C@H](C)N(Cc1cccc(OC)c1)C(=O)CN(c1cccc(Cl)c1C)S(C)(=O)=O. The molecule has 2 amide bonds. The Balaban J connectivity index is 2.43. The first-order chi connectivity index (χ1) is 16.0. The quantitative estimate of drug-likeness (QED) is 0.501. The second-order valence-electron chi connectivity index (χ2n) is 7.99. The highest BCUT2D eigenvalue weighted by atomic mass is 35.5. The number of nitrogens with zero attached hydrogens (tertiary/aromatic N) is 2. The van der Waals surface area contributed by atoms with Gasteiger partial charge >= 0.3 is 0 Å². The highest BCUT2D eigenvalue weighted by Crippen LogP contribution is 2.28. The molecule has 0 unspecified atom stereocenters. The monoisotopic (exact) mass is 509 g/mol. The highest BCUT2D eigenvalue weighted by Gasteiger charge is 2.30. The molecule has 2 aromatic carbocycles. The zero-order valence-corrected chi connectivity index (χ0v) is 21.7. The van der Waals surface area contributed by atoms with Gasteiger partial charge in [0.2, 0.25) is 21.8 Å². The summed E-state index contributed by atoms with van der Waals surface area (Å²) in [5.74, 6) is -0.227. The third-order valence-corrected chi connectivity index (χ3v) is 6.93. The van der Waals surface area contributed by atoms with E-state index in [1.807, 2.05) is 13.0 Å². The summed E-state index contributed by atoms with van der Waals surface area (Å²) in [7, 11) is -2.28. The van der Waals surface area contributed by atoms with Crippen molar-refractivity contribution in [3.63, 3.8) is 0 Å². The summed E-state index contributed by atoms with van der Waals surface area (Å²) in [5.41, 5.74) is 1.59. The average molecular weight is 510 g/mol. The smallest absolute Gasteiger partial charge is 0.244 e. The molecule has 0 aliphatic carbocycles. The Bertz CT molecular complexity index is 1120. The Kier molecular flexibility index (Phi) is 9.76. The fourth-order valence-corrected chi connectivity index (χ4v) is 4.48. The van der Waals surface area contributed by atoms with Crippen LogP contribution in [0.3, 0.4) is 0 Å². The topological polar surface area (TPSA) is 96.0 Å². The lowest BCUT2D eigenvalue weighted by atomic mass is 10.1. The molecular formula is C24H32ClN3O5S. The van der Waals surface area contributed by atoms with Crippen LogP contribution in [0.15, 0.2) is 42.5 Å². The molecule has 0 bridgehead atoms. The standard InChI is InChI=1S/C24H32ClN3O5S/c1-6-13-26-24(30)18(3)27(15-19-9-7-10-20(14-19)33-4)23(29)16-28(34(5,31)32)22-12-8-11-21(25)17(22)2/h7-12,14,18H,6,13,15-16H2,1-5H3,(H,26,30)/t18-/m0/s1. The van der Waals surface area contributed by atoms with E-state index in [4.69, 9.17) is 16.3 Å². The maximum Gasteiger partial charge on any atom is 0.244 e. The van der Waals surface area contributed by atoms with Crippen LogP contribution in [0.5, 0.6) is 5.75 Å². The number of hydrogen-bond donors (Lipinski definition) is 1. The Hall–Kier alpha value is -2.78. The third kappa shape index (κ3) is 7.11. The van der Waals surface area contributed by atoms with Gasteiger partial charge in [0.15, 0.2) is 0 Å². The molecule has 8 nitrogen and oxygen atoms in total. The number of nitrogens with one attached hydrogen (secondary N) is 1. The van der Waals surface area contributed by atoms with E-state index in [0.717, 1.165) is 22.5 Å². The van der Waals surface area contributed by atoms with Crippen LogP contribution in [0.2, 0.25) is 5.02 Å². The molecule has 0 saturated heterocycles. The second kappa shape index (κ2) is 12.1. The fraction of sp³-hybridized carbons (Fsp3) is 0.417. The number of sulfonamides is 1. The number of carbonyl (C=O) groups is 2. The number of anilines is 1. The summed E-state index contributed by atoms with van der Waals surface area (Å²) < 4.78 is 31.6. The van der Waals surface area contributed by atoms with Gasteiger partial charge in [-0.05, 0) is 55.7 Å². The minimum atomic E-state index is -3.82. The zero-order chi connectivity index (χ0) is 25.5. The van der Waals surface area contributed by atoms with E-state index in [2.05, 4.69) is 5.32 Å². The molecule has 0 aliphatic rings. The molecule has 0 aromatic heterocycles. The molecule has 0 fully saturated rings. The number of carbonyl (C=O) groups excluding carboxylic acids is 2. The summed E-state index contributed by atoms with van der Waals surface area (Å²) in [6.07, 6.45) is 1.78. The highest BCUT2D eigenvalue weighted by molar-refractivity contribution is 7.92. The molecule has 10 heteroatoms. The van der Waals surface area contributed by atoms with Gasteiger partial charge in [-0.1, -0.05) is 36.7 Å². The van der Waals surface area contributed by atoms with Crippen molar-refractivity contribution in [1.29, 1.82) is 0 Å². The van der Waals surface area contributed by atoms with Gasteiger partial charge in [0.25, 0.3) is 0 Å². The number of hydrogen-bond acceptors (Lipinski definition) is 5. The lowest BCUT2D eigenvalue weighted by molar-refractivity contribution is -0.139. The van der Waals surface area contributed by atoms with Crippen molar-refractivity contribution in [3.8, 4) is 5.75 Å². The number of amides is 2. The minimum absolute atomic E-state index is 0.100. The maximum absolute atomic E-state index is 13.5. The molecule has 2 aromatic rings. The normalized spacial score (nSPS) is 12.1. The van der Waals surface area contributed by atoms with Crippen LogP contribution in [0.4, 0.5) is 5.69 Å². The van der Waals surface area contributed by atoms with Crippen molar-refractivity contribution in [3.05, 3.63) is 58.6 Å². The van der Waals surface area contributed by atoms with E-state index in [1.54, 1.807) is 57.4 Å². The number of ether oxygens (including phenoxy) is 1. The molecule has 186 valence electrons. The second-order valence-corrected chi connectivity index (χ2v) is 10.3. The van der Waals surface area contributed by atoms with Crippen LogP contribution in [0.25, 0.3) is 0 Å². The lowest BCUT2D eigenvalue weighted by Gasteiger charge is -2.32. The van der Waals surface area contributed by atoms with Crippen molar-refractivity contribution < 1.29 is 22.7 Å². The summed E-state index contributed by atoms with van der Waals surface area (Å²) in [5, 5.41) is 3.19. The van der Waals surface area contributed by atoms with E-state index in [0.29, 0.717) is 28.6 Å². The fourth-order valence-electron chi connectivity index (χ4n) is 3.41. The molecule has 34 heavy (non-hydrogen) atoms. The predicted molar refractivity (Wildman–Crippen MR) is 135 cm³/mol. The average Bonchev–Trinajstić information content (AvgIpc) is 2.80. The Labute approximate surface area is 206 Å². The van der Waals surface area contributed by atoms with E-state index >= 15 is 0 Å². The van der Waals surface area contributed by atoms with Crippen molar-refractivity contribution in [2.45, 2.75) is 39.8 Å². The Morgan fingerprint density at radius 3 is 2.47 bits per heavy atom. The molecule has 1 N–H and O–H groups in total. The lowest BCUT2D eigenvalue weighted by Crippen LogP contribution is -2.51. The van der Waals surface area contributed by atoms with Crippen LogP contribution in [0.1, 0.15) is 31.4 Å². The first-order valence-electron chi connectivity index (χ1n) is 10.9. The Morgan fingerprint density at radius 1 is 1.18 bits per heavy atom. The van der Waals surface area contributed by atoms with E-state index in [1.165, 1.54) is 4.90 Å². The van der Waals surface area contributed by atoms with Crippen molar-refractivity contribution in [2.75, 3.05) is 30.8 Å². The van der Waals surface area contributed by atoms with Gasteiger partial charge in [-0.2, -0.15) is 0 Å². The summed E-state index contributed by atoms with van der Waals surface area (Å²) >= 11 is 6.20. The van der Waals surface area contributed by atoms with Gasteiger partial charge < -0.3 is 15.0 Å². The summed E-state index contributed by atoms with van der Waals surface area (Å²) in [6.45, 7) is 5.34. The van der Waals surface area contributed by atoms with Crippen LogP contribution in [-0.2, 0) is 26.2 Å². The molecule has 2 rings (SSSR count). The van der Waals surface area contributed by atoms with Gasteiger partial charge in [0.05, 0.1) is 19.1 Å². The van der Waals surface area contributed by atoms with E-state index in [-0.39, 0.29) is 12.5 Å². The van der Waals surface area contributed by atoms with E-state index in [9.17, 15) is 18.0 Å². The minimum Gasteiger partial charge on any atom is -0.497 e. The maximum atomic E-state index is 13.5. The van der Waals surface area contributed by atoms with Crippen LogP contribution in [0, 0.1) is 6.92 Å². The first kappa shape index (κ1) is 27.5. The molecule has 0 spiro atoms. The van der Waals surface area contributed by atoms with Gasteiger partial charge in [-0.15, -0.1) is 0 Å². The number of halogens is 1. The molecule has 0 saturated carbocycles. The summed E-state index contributed by atoms with van der Waals surface area (Å²) in [4.78, 5) is 27.6. The molecule has 0 radical (unpaired) electrons. The van der Waals surface area contributed by atoms with Crippen molar-refractivity contribution in [1.82, 2.24) is 10.2 Å². The third-order valence-electron chi connectivity index (χ3n) is 5.39. The van der Waals surface area contributed by atoms with E-state index < -0.39 is 28.5 Å². The number of rotatable bonds is 11. The van der Waals surface area contributed by atoms with Crippen LogP contribution in [-0.4, -0.2) is 57.6 Å². The van der Waals surface area contributed by atoms with Gasteiger partial charge in [-0.25, -0.2) is 8.42 Å². The van der Waals surface area contributed by atoms with Crippen molar-refractivity contribution in [2.24, 2.45) is 0 Å². The molecule has 0 aliphatic heterocycles. The van der Waals surface area contributed by atoms with Gasteiger partial charge in [-0.3, -0.25) is 13.9 Å². The van der Waals surface area contributed by atoms with Gasteiger partial charge in [0, 0.05) is 18.1 Å². The number of benzene rings is 2. The van der Waals surface area contributed by atoms with Crippen LogP contribution < -0.4 is 14.4 Å². The number of methoxy groups -OCH3 is 1. The Morgan fingerprint density at radius 2 is 1.85 bits per heavy atom. The molecule has 1 atom stereocenters. The van der Waals surface area contributed by atoms with Gasteiger partial charge in [0.1, 0.15) is 18.3 Å². The molecule has 0 heterocycles. The predicted octanol–water partition coefficient (Wildman–Crippen LogP) is 3.37. The van der Waals surface area contributed by atoms with Crippen LogP contribution >= 0.6 is 11.6 Å².